The summed E-state index contributed by atoms with van der Waals surface area (Å²) in [5.74, 6) is 0.628. The van der Waals surface area contributed by atoms with Gasteiger partial charge in [0.25, 0.3) is 0 Å². The van der Waals surface area contributed by atoms with Crippen molar-refractivity contribution in [3.63, 3.8) is 0 Å². The minimum atomic E-state index is -0.327. The fraction of sp³-hybridized carbons (Fsp3) is 0.267. The smallest absolute Gasteiger partial charge is 0.348 e. The van der Waals surface area contributed by atoms with Gasteiger partial charge in [-0.3, -0.25) is 9.36 Å². The summed E-state index contributed by atoms with van der Waals surface area (Å²) < 4.78 is 7.63. The third-order valence-electron chi connectivity index (χ3n) is 3.30. The van der Waals surface area contributed by atoms with E-state index in [0.717, 1.165) is 22.0 Å². The van der Waals surface area contributed by atoms with Crippen molar-refractivity contribution in [2.24, 2.45) is 0 Å². The Morgan fingerprint density at radius 3 is 2.71 bits per heavy atom. The van der Waals surface area contributed by atoms with Gasteiger partial charge in [0.1, 0.15) is 12.0 Å². The Hall–Kier alpha value is -1.95. The fourth-order valence-electron chi connectivity index (χ4n) is 2.13. The lowest BCUT2D eigenvalue weighted by Gasteiger charge is -2.14. The van der Waals surface area contributed by atoms with E-state index < -0.39 is 0 Å². The molecular formula is C15H15BrN2O3. The van der Waals surface area contributed by atoms with Crippen LogP contribution in [0, 0.1) is 13.8 Å². The van der Waals surface area contributed by atoms with Crippen molar-refractivity contribution in [3.8, 4) is 5.75 Å². The Labute approximate surface area is 130 Å². The SMILES string of the molecule is COc1ccc(C=O)cc1Cn1c(C)c(Br)c(C)nc1=O. The van der Waals surface area contributed by atoms with Gasteiger partial charge >= 0.3 is 5.69 Å². The number of methoxy groups -OCH3 is 1. The Morgan fingerprint density at radius 2 is 2.10 bits per heavy atom. The van der Waals surface area contributed by atoms with Crippen LogP contribution in [0.3, 0.4) is 0 Å². The number of halogens is 1. The van der Waals surface area contributed by atoms with E-state index in [2.05, 4.69) is 20.9 Å². The van der Waals surface area contributed by atoms with Crippen LogP contribution in [0.15, 0.2) is 27.5 Å². The van der Waals surface area contributed by atoms with E-state index >= 15 is 0 Å². The average Bonchev–Trinajstić information content (AvgIpc) is 2.49. The highest BCUT2D eigenvalue weighted by Gasteiger charge is 2.12. The molecule has 0 atom stereocenters. The number of aldehydes is 1. The molecule has 0 amide bonds. The number of nitrogens with zero attached hydrogens (tertiary/aromatic N) is 2. The van der Waals surface area contributed by atoms with Crippen molar-refractivity contribution in [1.82, 2.24) is 9.55 Å². The van der Waals surface area contributed by atoms with E-state index in [1.165, 1.54) is 0 Å². The minimum Gasteiger partial charge on any atom is -0.496 e. The van der Waals surface area contributed by atoms with Crippen molar-refractivity contribution >= 4 is 22.2 Å². The highest BCUT2D eigenvalue weighted by atomic mass is 79.9. The van der Waals surface area contributed by atoms with Crippen LogP contribution in [0.2, 0.25) is 0 Å². The molecule has 0 fully saturated rings. The molecule has 0 unspecified atom stereocenters. The summed E-state index contributed by atoms with van der Waals surface area (Å²) in [6.07, 6.45) is 0.766. The van der Waals surface area contributed by atoms with Gasteiger partial charge in [0, 0.05) is 16.8 Å². The maximum absolute atomic E-state index is 12.1. The van der Waals surface area contributed by atoms with Crippen LogP contribution in [0.25, 0.3) is 0 Å². The first-order chi connectivity index (χ1) is 9.97. The summed E-state index contributed by atoms with van der Waals surface area (Å²) in [6.45, 7) is 3.91. The molecular weight excluding hydrogens is 336 g/mol. The molecule has 2 aromatic rings. The Morgan fingerprint density at radius 1 is 1.38 bits per heavy atom. The molecule has 5 nitrogen and oxygen atoms in total. The molecule has 0 saturated heterocycles. The third kappa shape index (κ3) is 3.05. The second-order valence-corrected chi connectivity index (χ2v) is 5.45. The van der Waals surface area contributed by atoms with Crippen molar-refractivity contribution in [1.29, 1.82) is 0 Å². The number of carbonyl (C=O) groups is 1. The van der Waals surface area contributed by atoms with Gasteiger partial charge in [-0.1, -0.05) is 0 Å². The van der Waals surface area contributed by atoms with Crippen molar-refractivity contribution in [2.45, 2.75) is 20.4 Å². The van der Waals surface area contributed by atoms with E-state index in [-0.39, 0.29) is 5.69 Å². The zero-order valence-corrected chi connectivity index (χ0v) is 13.6. The molecule has 0 saturated carbocycles. The van der Waals surface area contributed by atoms with Crippen LogP contribution >= 0.6 is 15.9 Å². The Bertz CT molecular complexity index is 753. The number of rotatable bonds is 4. The van der Waals surface area contributed by atoms with Gasteiger partial charge in [0.05, 0.1) is 23.8 Å². The quantitative estimate of drug-likeness (QED) is 0.794. The van der Waals surface area contributed by atoms with Gasteiger partial charge in [0.15, 0.2) is 0 Å². The fourth-order valence-corrected chi connectivity index (χ4v) is 2.43. The lowest BCUT2D eigenvalue weighted by Crippen LogP contribution is -2.27. The van der Waals surface area contributed by atoms with Crippen LogP contribution in [0.4, 0.5) is 0 Å². The largest absolute Gasteiger partial charge is 0.496 e. The standard InChI is InChI=1S/C15H15BrN2O3/c1-9-14(16)10(2)18(15(20)17-9)7-12-6-11(8-19)4-5-13(12)21-3/h4-6,8H,7H2,1-3H3. The highest BCUT2D eigenvalue weighted by molar-refractivity contribution is 9.10. The van der Waals surface area contributed by atoms with Gasteiger partial charge in [-0.25, -0.2) is 4.79 Å². The molecule has 1 aromatic heterocycles. The van der Waals surface area contributed by atoms with Gasteiger partial charge in [-0.05, 0) is 48.0 Å². The number of aromatic nitrogens is 2. The summed E-state index contributed by atoms with van der Waals surface area (Å²) in [5.41, 5.74) is 2.40. The molecule has 2 rings (SSSR count). The van der Waals surface area contributed by atoms with Gasteiger partial charge < -0.3 is 4.74 Å². The van der Waals surface area contributed by atoms with Crippen LogP contribution in [0.5, 0.6) is 5.75 Å². The van der Waals surface area contributed by atoms with E-state index in [1.54, 1.807) is 36.8 Å². The molecule has 0 spiro atoms. The first-order valence-electron chi connectivity index (χ1n) is 6.33. The summed E-state index contributed by atoms with van der Waals surface area (Å²) in [5, 5.41) is 0. The molecule has 0 bridgehead atoms. The summed E-state index contributed by atoms with van der Waals surface area (Å²) in [4.78, 5) is 27.0. The number of aryl methyl sites for hydroxylation is 1. The topological polar surface area (TPSA) is 61.2 Å². The molecule has 0 aliphatic carbocycles. The first-order valence-corrected chi connectivity index (χ1v) is 7.13. The lowest BCUT2D eigenvalue weighted by molar-refractivity contribution is 0.112. The van der Waals surface area contributed by atoms with Crippen LogP contribution in [-0.2, 0) is 6.54 Å². The van der Waals surface area contributed by atoms with Gasteiger partial charge in [-0.2, -0.15) is 4.98 Å². The Kier molecular flexibility index (Phi) is 4.57. The van der Waals surface area contributed by atoms with Gasteiger partial charge in [-0.15, -0.1) is 0 Å². The van der Waals surface area contributed by atoms with Crippen molar-refractivity contribution in [3.05, 3.63) is 55.7 Å². The lowest BCUT2D eigenvalue weighted by atomic mass is 10.1. The number of hydrogen-bond acceptors (Lipinski definition) is 4. The summed E-state index contributed by atoms with van der Waals surface area (Å²) in [7, 11) is 1.55. The van der Waals surface area contributed by atoms with Gasteiger partial charge in [0.2, 0.25) is 0 Å². The van der Waals surface area contributed by atoms with E-state index in [0.29, 0.717) is 23.6 Å². The van der Waals surface area contributed by atoms with E-state index in [1.807, 2.05) is 6.92 Å². The minimum absolute atomic E-state index is 0.293. The maximum atomic E-state index is 12.1. The van der Waals surface area contributed by atoms with Crippen molar-refractivity contribution < 1.29 is 9.53 Å². The predicted octanol–water partition coefficient (Wildman–Crippen LogP) is 2.49. The number of carbonyl (C=O) groups excluding carboxylic acids is 1. The van der Waals surface area contributed by atoms with Crippen LogP contribution in [-0.4, -0.2) is 22.9 Å². The normalized spacial score (nSPS) is 10.5. The van der Waals surface area contributed by atoms with Crippen LogP contribution in [0.1, 0.15) is 27.3 Å². The third-order valence-corrected chi connectivity index (χ3v) is 4.45. The molecule has 21 heavy (non-hydrogen) atoms. The first kappa shape index (κ1) is 15.4. The molecule has 0 aliphatic rings. The zero-order valence-electron chi connectivity index (χ0n) is 12.0. The van der Waals surface area contributed by atoms with Crippen molar-refractivity contribution in [2.75, 3.05) is 7.11 Å². The second-order valence-electron chi connectivity index (χ2n) is 4.65. The molecule has 1 aromatic carbocycles. The maximum Gasteiger partial charge on any atom is 0.348 e. The van der Waals surface area contributed by atoms with Crippen LogP contribution < -0.4 is 10.4 Å². The summed E-state index contributed by atoms with van der Waals surface area (Å²) in [6, 6.07) is 5.11. The number of hydrogen-bond donors (Lipinski definition) is 0. The molecule has 0 aliphatic heterocycles. The monoisotopic (exact) mass is 350 g/mol. The Balaban J connectivity index is 2.55. The number of ether oxygens (including phenoxy) is 1. The zero-order chi connectivity index (χ0) is 15.6. The predicted molar refractivity (Wildman–Crippen MR) is 83.2 cm³/mol. The number of benzene rings is 1. The highest BCUT2D eigenvalue weighted by Crippen LogP contribution is 2.22. The summed E-state index contributed by atoms with van der Waals surface area (Å²) >= 11 is 3.43. The van der Waals surface area contributed by atoms with E-state index in [9.17, 15) is 9.59 Å². The molecule has 0 N–H and O–H groups in total. The van der Waals surface area contributed by atoms with E-state index in [4.69, 9.17) is 4.74 Å². The second kappa shape index (κ2) is 6.22. The molecule has 1 heterocycles. The molecule has 0 radical (unpaired) electrons. The average molecular weight is 351 g/mol. The molecule has 6 heteroatoms. The molecule has 110 valence electrons.